The molecule has 0 N–H and O–H groups in total. The summed E-state index contributed by atoms with van der Waals surface area (Å²) < 4.78 is 0. The first-order chi connectivity index (χ1) is 7.29. The smallest absolute Gasteiger partial charge is 0.130 e. The van der Waals surface area contributed by atoms with E-state index >= 15 is 0 Å². The molecule has 0 atom stereocenters. The highest BCUT2D eigenvalue weighted by Gasteiger charge is 2.11. The van der Waals surface area contributed by atoms with Gasteiger partial charge in [0.05, 0.1) is 11.6 Å². The quantitative estimate of drug-likeness (QED) is 0.650. The van der Waals surface area contributed by atoms with Gasteiger partial charge in [-0.25, -0.2) is 4.98 Å². The Morgan fingerprint density at radius 2 is 2.40 bits per heavy atom. The minimum Gasteiger partial charge on any atom is -0.352 e. The summed E-state index contributed by atoms with van der Waals surface area (Å²) in [5.74, 6) is 0.904. The van der Waals surface area contributed by atoms with Gasteiger partial charge in [0, 0.05) is 19.3 Å². The lowest BCUT2D eigenvalue weighted by atomic mass is 10.1. The summed E-state index contributed by atoms with van der Waals surface area (Å²) >= 11 is 0. The Bertz CT molecular complexity index is 429. The van der Waals surface area contributed by atoms with Gasteiger partial charge in [0.25, 0.3) is 0 Å². The molecule has 0 aromatic carbocycles. The average Bonchev–Trinajstić information content (AvgIpc) is 2.29. The van der Waals surface area contributed by atoms with Crippen LogP contribution in [-0.2, 0) is 0 Å². The molecule has 2 rings (SSSR count). The molecule has 0 aliphatic carbocycles. The Labute approximate surface area is 89.7 Å². The monoisotopic (exact) mass is 199 g/mol. The molecule has 3 nitrogen and oxygen atoms in total. The van der Waals surface area contributed by atoms with Gasteiger partial charge < -0.3 is 4.90 Å². The summed E-state index contributed by atoms with van der Waals surface area (Å²) in [5, 5.41) is 8.80. The Kier molecular flexibility index (Phi) is 2.68. The molecule has 0 bridgehead atoms. The summed E-state index contributed by atoms with van der Waals surface area (Å²) in [4.78, 5) is 6.50. The minimum absolute atomic E-state index is 0.673. The van der Waals surface area contributed by atoms with Gasteiger partial charge in [0.2, 0.25) is 0 Å². The molecule has 0 radical (unpaired) electrons. The van der Waals surface area contributed by atoms with Gasteiger partial charge in [0.15, 0.2) is 0 Å². The summed E-state index contributed by atoms with van der Waals surface area (Å²) in [5.41, 5.74) is 2.04. The van der Waals surface area contributed by atoms with Crippen LogP contribution in [0.25, 0.3) is 0 Å². The second-order valence-electron chi connectivity index (χ2n) is 3.78. The van der Waals surface area contributed by atoms with Gasteiger partial charge >= 0.3 is 0 Å². The SMILES string of the molecule is CC1=CCCN(c2cc(C#N)ccn2)C1. The van der Waals surface area contributed by atoms with E-state index in [1.165, 1.54) is 5.57 Å². The van der Waals surface area contributed by atoms with Crippen LogP contribution in [0.15, 0.2) is 30.0 Å². The van der Waals surface area contributed by atoms with E-state index in [1.807, 2.05) is 6.07 Å². The number of aromatic nitrogens is 1. The van der Waals surface area contributed by atoms with Crippen LogP contribution >= 0.6 is 0 Å². The van der Waals surface area contributed by atoms with Crippen LogP contribution in [0.3, 0.4) is 0 Å². The van der Waals surface area contributed by atoms with Crippen LogP contribution in [0.2, 0.25) is 0 Å². The number of nitriles is 1. The molecule has 0 saturated heterocycles. The molecule has 2 heterocycles. The van der Waals surface area contributed by atoms with E-state index in [9.17, 15) is 0 Å². The maximum absolute atomic E-state index is 8.80. The van der Waals surface area contributed by atoms with Crippen LogP contribution in [0.5, 0.6) is 0 Å². The van der Waals surface area contributed by atoms with Gasteiger partial charge in [-0.3, -0.25) is 0 Å². The zero-order valence-corrected chi connectivity index (χ0v) is 8.77. The van der Waals surface area contributed by atoms with Crippen molar-refractivity contribution in [3.63, 3.8) is 0 Å². The summed E-state index contributed by atoms with van der Waals surface area (Å²) in [6.07, 6.45) is 5.01. The molecule has 0 saturated carbocycles. The first kappa shape index (κ1) is 9.72. The van der Waals surface area contributed by atoms with Crippen molar-refractivity contribution >= 4 is 5.82 Å². The van der Waals surface area contributed by atoms with Crippen molar-refractivity contribution in [3.8, 4) is 6.07 Å². The van der Waals surface area contributed by atoms with Gasteiger partial charge in [-0.2, -0.15) is 5.26 Å². The first-order valence-corrected chi connectivity index (χ1v) is 5.06. The number of rotatable bonds is 1. The van der Waals surface area contributed by atoms with E-state index < -0.39 is 0 Å². The predicted molar refractivity (Wildman–Crippen MR) is 59.5 cm³/mol. The highest BCUT2D eigenvalue weighted by Crippen LogP contribution is 2.17. The Morgan fingerprint density at radius 1 is 1.53 bits per heavy atom. The summed E-state index contributed by atoms with van der Waals surface area (Å²) in [6.45, 7) is 4.03. The van der Waals surface area contributed by atoms with Gasteiger partial charge in [0.1, 0.15) is 5.82 Å². The molecule has 3 heteroatoms. The van der Waals surface area contributed by atoms with Crippen molar-refractivity contribution < 1.29 is 0 Å². The summed E-state index contributed by atoms with van der Waals surface area (Å²) in [6, 6.07) is 5.71. The van der Waals surface area contributed by atoms with Crippen molar-refractivity contribution in [1.82, 2.24) is 4.98 Å². The predicted octanol–water partition coefficient (Wildman–Crippen LogP) is 2.11. The number of pyridine rings is 1. The number of hydrogen-bond donors (Lipinski definition) is 0. The standard InChI is InChI=1S/C12H13N3/c1-10-3-2-6-15(9-10)12-7-11(8-13)4-5-14-12/h3-5,7H,2,6,9H2,1H3. The van der Waals surface area contributed by atoms with Crippen LogP contribution in [-0.4, -0.2) is 18.1 Å². The van der Waals surface area contributed by atoms with Crippen LogP contribution < -0.4 is 4.90 Å². The molecule has 0 amide bonds. The second kappa shape index (κ2) is 4.14. The van der Waals surface area contributed by atoms with E-state index in [1.54, 1.807) is 12.3 Å². The molecule has 1 aliphatic heterocycles. The van der Waals surface area contributed by atoms with Crippen LogP contribution in [0.1, 0.15) is 18.9 Å². The molecule has 1 aliphatic rings. The van der Waals surface area contributed by atoms with E-state index in [0.29, 0.717) is 5.56 Å². The average molecular weight is 199 g/mol. The van der Waals surface area contributed by atoms with E-state index in [-0.39, 0.29) is 0 Å². The lowest BCUT2D eigenvalue weighted by Gasteiger charge is -2.27. The molecule has 76 valence electrons. The molecule has 0 fully saturated rings. The van der Waals surface area contributed by atoms with Gasteiger partial charge in [-0.15, -0.1) is 0 Å². The Morgan fingerprint density at radius 3 is 3.13 bits per heavy atom. The third kappa shape index (κ3) is 2.16. The van der Waals surface area contributed by atoms with Crippen molar-refractivity contribution in [2.24, 2.45) is 0 Å². The van der Waals surface area contributed by atoms with Crippen molar-refractivity contribution in [2.45, 2.75) is 13.3 Å². The topological polar surface area (TPSA) is 39.9 Å². The molecular formula is C12H13N3. The van der Waals surface area contributed by atoms with E-state index in [4.69, 9.17) is 5.26 Å². The number of anilines is 1. The van der Waals surface area contributed by atoms with Crippen LogP contribution in [0, 0.1) is 11.3 Å². The van der Waals surface area contributed by atoms with Crippen molar-refractivity contribution in [1.29, 1.82) is 5.26 Å². The zero-order chi connectivity index (χ0) is 10.7. The van der Waals surface area contributed by atoms with Gasteiger partial charge in [-0.05, 0) is 25.5 Å². The third-order valence-electron chi connectivity index (χ3n) is 2.53. The minimum atomic E-state index is 0.673. The van der Waals surface area contributed by atoms with E-state index in [0.717, 1.165) is 25.3 Å². The number of hydrogen-bond acceptors (Lipinski definition) is 3. The van der Waals surface area contributed by atoms with Crippen molar-refractivity contribution in [3.05, 3.63) is 35.5 Å². The van der Waals surface area contributed by atoms with Crippen LogP contribution in [0.4, 0.5) is 5.82 Å². The maximum atomic E-state index is 8.80. The molecule has 1 aromatic heterocycles. The first-order valence-electron chi connectivity index (χ1n) is 5.06. The van der Waals surface area contributed by atoms with E-state index in [2.05, 4.69) is 29.0 Å². The fourth-order valence-corrected chi connectivity index (χ4v) is 1.77. The molecule has 1 aromatic rings. The maximum Gasteiger partial charge on any atom is 0.130 e. The molecular weight excluding hydrogens is 186 g/mol. The zero-order valence-electron chi connectivity index (χ0n) is 8.77. The normalized spacial score (nSPS) is 15.7. The van der Waals surface area contributed by atoms with Crippen molar-refractivity contribution in [2.75, 3.05) is 18.0 Å². The fraction of sp³-hybridized carbons (Fsp3) is 0.333. The molecule has 0 spiro atoms. The Hall–Kier alpha value is -1.82. The Balaban J connectivity index is 2.23. The largest absolute Gasteiger partial charge is 0.352 e. The third-order valence-corrected chi connectivity index (χ3v) is 2.53. The highest BCUT2D eigenvalue weighted by atomic mass is 15.2. The lowest BCUT2D eigenvalue weighted by Crippen LogP contribution is -2.29. The summed E-state index contributed by atoms with van der Waals surface area (Å²) in [7, 11) is 0. The second-order valence-corrected chi connectivity index (χ2v) is 3.78. The fourth-order valence-electron chi connectivity index (χ4n) is 1.77. The highest BCUT2D eigenvalue weighted by molar-refractivity contribution is 5.46. The molecule has 15 heavy (non-hydrogen) atoms. The van der Waals surface area contributed by atoms with Gasteiger partial charge in [-0.1, -0.05) is 11.6 Å². The molecule has 0 unspecified atom stereocenters. The lowest BCUT2D eigenvalue weighted by molar-refractivity contribution is 0.778. The number of nitrogens with zero attached hydrogens (tertiary/aromatic N) is 3.